The van der Waals surface area contributed by atoms with E-state index in [0.29, 0.717) is 0 Å². The van der Waals surface area contributed by atoms with Crippen LogP contribution in [0, 0.1) is 0 Å². The van der Waals surface area contributed by atoms with E-state index in [2.05, 4.69) is 48.1 Å². The lowest BCUT2D eigenvalue weighted by atomic mass is 9.92. The number of carbonyl (C=O) groups is 1. The summed E-state index contributed by atoms with van der Waals surface area (Å²) in [7, 11) is 0. The predicted molar refractivity (Wildman–Crippen MR) is 141 cm³/mol. The lowest BCUT2D eigenvalue weighted by Crippen LogP contribution is -2.08. The summed E-state index contributed by atoms with van der Waals surface area (Å²) in [5, 5.41) is 0. The van der Waals surface area contributed by atoms with E-state index in [1.165, 1.54) is 75.8 Å². The second-order valence-electron chi connectivity index (χ2n) is 9.25. The molecule has 0 aliphatic rings. The predicted octanol–water partition coefficient (Wildman–Crippen LogP) is 8.38. The molecule has 0 amide bonds. The third-order valence-electron chi connectivity index (χ3n) is 6.25. The van der Waals surface area contributed by atoms with Crippen molar-refractivity contribution in [3.8, 4) is 6.01 Å². The van der Waals surface area contributed by atoms with Gasteiger partial charge in [-0.25, -0.2) is 14.8 Å². The van der Waals surface area contributed by atoms with Gasteiger partial charge in [-0.15, -0.1) is 0 Å². The molecule has 186 valence electrons. The standard InChI is InChI=1S/C30H44N2O2/c1-3-5-7-9-11-14-18-26-24-31-30(32-25-26)34-29(33)23-22-28(27-19-16-13-17-20-27)21-15-12-10-8-6-4-2/h13,16-17,19-20,22-25,28H,3-12,14-15,18,21H2,1-2H3. The zero-order valence-electron chi connectivity index (χ0n) is 21.4. The van der Waals surface area contributed by atoms with Gasteiger partial charge in [0.05, 0.1) is 0 Å². The molecular formula is C30H44N2O2. The van der Waals surface area contributed by atoms with E-state index < -0.39 is 5.97 Å². The molecule has 0 saturated carbocycles. The second-order valence-corrected chi connectivity index (χ2v) is 9.25. The van der Waals surface area contributed by atoms with Crippen molar-refractivity contribution in [2.45, 2.75) is 110 Å². The molecule has 0 aliphatic heterocycles. The van der Waals surface area contributed by atoms with Crippen LogP contribution in [-0.2, 0) is 11.2 Å². The number of benzene rings is 1. The fourth-order valence-electron chi connectivity index (χ4n) is 4.17. The highest BCUT2D eigenvalue weighted by Crippen LogP contribution is 2.24. The summed E-state index contributed by atoms with van der Waals surface area (Å²) in [6.07, 6.45) is 24.2. The average Bonchev–Trinajstić information content (AvgIpc) is 2.86. The molecule has 0 fully saturated rings. The maximum absolute atomic E-state index is 12.4. The fraction of sp³-hybridized carbons (Fsp3) is 0.567. The highest BCUT2D eigenvalue weighted by molar-refractivity contribution is 5.83. The smallest absolute Gasteiger partial charge is 0.338 e. The van der Waals surface area contributed by atoms with Crippen molar-refractivity contribution in [1.82, 2.24) is 9.97 Å². The van der Waals surface area contributed by atoms with Crippen LogP contribution in [0.25, 0.3) is 0 Å². The molecule has 1 atom stereocenters. The van der Waals surface area contributed by atoms with Gasteiger partial charge in [0.25, 0.3) is 0 Å². The van der Waals surface area contributed by atoms with Crippen molar-refractivity contribution >= 4 is 5.97 Å². The van der Waals surface area contributed by atoms with Gasteiger partial charge in [-0.3, -0.25) is 0 Å². The number of nitrogens with zero attached hydrogens (tertiary/aromatic N) is 2. The lowest BCUT2D eigenvalue weighted by Gasteiger charge is -2.13. The molecule has 2 rings (SSSR count). The molecule has 4 nitrogen and oxygen atoms in total. The van der Waals surface area contributed by atoms with E-state index >= 15 is 0 Å². The zero-order valence-corrected chi connectivity index (χ0v) is 21.4. The van der Waals surface area contributed by atoms with Crippen molar-refractivity contribution in [2.24, 2.45) is 0 Å². The van der Waals surface area contributed by atoms with Crippen LogP contribution >= 0.6 is 0 Å². The molecule has 0 bridgehead atoms. The topological polar surface area (TPSA) is 52.1 Å². The molecule has 1 unspecified atom stereocenters. The molecule has 1 aromatic carbocycles. The van der Waals surface area contributed by atoms with Crippen LogP contribution in [0.3, 0.4) is 0 Å². The first-order valence-electron chi connectivity index (χ1n) is 13.5. The van der Waals surface area contributed by atoms with Gasteiger partial charge in [0, 0.05) is 24.4 Å². The van der Waals surface area contributed by atoms with Gasteiger partial charge in [-0.2, -0.15) is 0 Å². The number of carbonyl (C=O) groups excluding carboxylic acids is 1. The van der Waals surface area contributed by atoms with Gasteiger partial charge in [-0.05, 0) is 30.4 Å². The number of unbranched alkanes of at least 4 members (excludes halogenated alkanes) is 10. The number of esters is 1. The molecule has 1 aromatic heterocycles. The summed E-state index contributed by atoms with van der Waals surface area (Å²) in [6, 6.07) is 10.5. The molecular weight excluding hydrogens is 420 g/mol. The SMILES string of the molecule is CCCCCCCCc1cnc(OC(=O)C=CC(CCCCCCCC)c2ccccc2)nc1. The highest BCUT2D eigenvalue weighted by atomic mass is 16.5. The molecule has 4 heteroatoms. The van der Waals surface area contributed by atoms with Crippen molar-refractivity contribution in [3.05, 3.63) is 66.0 Å². The van der Waals surface area contributed by atoms with Crippen LogP contribution in [0.1, 0.15) is 114 Å². The summed E-state index contributed by atoms with van der Waals surface area (Å²) < 4.78 is 5.35. The minimum absolute atomic E-state index is 0.119. The summed E-state index contributed by atoms with van der Waals surface area (Å²) in [6.45, 7) is 4.48. The molecule has 0 N–H and O–H groups in total. The van der Waals surface area contributed by atoms with Crippen LogP contribution in [0.2, 0.25) is 0 Å². The number of ether oxygens (including phenoxy) is 1. The Bertz CT molecular complexity index is 802. The largest absolute Gasteiger partial charge is 0.388 e. The van der Waals surface area contributed by atoms with Crippen LogP contribution < -0.4 is 4.74 Å². The second kappa shape index (κ2) is 17.9. The van der Waals surface area contributed by atoms with Gasteiger partial charge in [0.15, 0.2) is 0 Å². The van der Waals surface area contributed by atoms with E-state index in [-0.39, 0.29) is 11.9 Å². The number of rotatable bonds is 18. The zero-order chi connectivity index (χ0) is 24.3. The molecule has 0 saturated heterocycles. The molecule has 34 heavy (non-hydrogen) atoms. The monoisotopic (exact) mass is 464 g/mol. The number of hydrogen-bond acceptors (Lipinski definition) is 4. The van der Waals surface area contributed by atoms with Crippen LogP contribution in [0.5, 0.6) is 6.01 Å². The van der Waals surface area contributed by atoms with Gasteiger partial charge < -0.3 is 4.74 Å². The first-order chi connectivity index (χ1) is 16.7. The van der Waals surface area contributed by atoms with E-state index in [4.69, 9.17) is 4.74 Å². The van der Waals surface area contributed by atoms with Crippen molar-refractivity contribution in [3.63, 3.8) is 0 Å². The van der Waals surface area contributed by atoms with Crippen molar-refractivity contribution in [2.75, 3.05) is 0 Å². The molecule has 2 aromatic rings. The normalized spacial score (nSPS) is 12.2. The Morgan fingerprint density at radius 3 is 2.06 bits per heavy atom. The lowest BCUT2D eigenvalue weighted by molar-refractivity contribution is -0.129. The molecule has 0 aliphatic carbocycles. The molecule has 1 heterocycles. The van der Waals surface area contributed by atoms with Crippen molar-refractivity contribution in [1.29, 1.82) is 0 Å². The quantitative estimate of drug-likeness (QED) is 0.126. The average molecular weight is 465 g/mol. The minimum atomic E-state index is -0.424. The highest BCUT2D eigenvalue weighted by Gasteiger charge is 2.10. The van der Waals surface area contributed by atoms with Gasteiger partial charge >= 0.3 is 12.0 Å². The maximum Gasteiger partial charge on any atom is 0.338 e. The third-order valence-corrected chi connectivity index (χ3v) is 6.25. The first-order valence-corrected chi connectivity index (χ1v) is 13.5. The van der Waals surface area contributed by atoms with E-state index in [0.717, 1.165) is 31.2 Å². The van der Waals surface area contributed by atoms with Gasteiger partial charge in [0.1, 0.15) is 0 Å². The molecule has 0 radical (unpaired) electrons. The summed E-state index contributed by atoms with van der Waals surface area (Å²) in [5.74, 6) is -0.215. The summed E-state index contributed by atoms with van der Waals surface area (Å²) in [4.78, 5) is 20.8. The van der Waals surface area contributed by atoms with Gasteiger partial charge in [-0.1, -0.05) is 121 Å². The van der Waals surface area contributed by atoms with Crippen molar-refractivity contribution < 1.29 is 9.53 Å². The van der Waals surface area contributed by atoms with Crippen LogP contribution in [0.4, 0.5) is 0 Å². The Balaban J connectivity index is 1.80. The Labute approximate surface area is 207 Å². The number of aryl methyl sites for hydroxylation is 1. The first kappa shape index (κ1) is 27.8. The van der Waals surface area contributed by atoms with Gasteiger partial charge in [0.2, 0.25) is 0 Å². The summed E-state index contributed by atoms with van der Waals surface area (Å²) >= 11 is 0. The Morgan fingerprint density at radius 1 is 0.824 bits per heavy atom. The molecule has 0 spiro atoms. The number of hydrogen-bond donors (Lipinski definition) is 0. The summed E-state index contributed by atoms with van der Waals surface area (Å²) in [5.41, 5.74) is 2.32. The number of aromatic nitrogens is 2. The van der Waals surface area contributed by atoms with E-state index in [1.807, 2.05) is 12.1 Å². The fourth-order valence-corrected chi connectivity index (χ4v) is 4.17. The van der Waals surface area contributed by atoms with Crippen LogP contribution in [-0.4, -0.2) is 15.9 Å². The minimum Gasteiger partial charge on any atom is -0.388 e. The van der Waals surface area contributed by atoms with E-state index in [1.54, 1.807) is 12.4 Å². The van der Waals surface area contributed by atoms with E-state index in [9.17, 15) is 4.79 Å². The Morgan fingerprint density at radius 2 is 1.41 bits per heavy atom. The number of allylic oxidation sites excluding steroid dienone is 1. The third kappa shape index (κ3) is 12.1. The Kier molecular flexibility index (Phi) is 14.6. The van der Waals surface area contributed by atoms with Crippen LogP contribution in [0.15, 0.2) is 54.9 Å². The Hall–Kier alpha value is -2.49. The maximum atomic E-state index is 12.4.